The average molecular weight is 2020 g/mol. The molecular formula is C54H45AuK8O27P3S9+11. The van der Waals surface area contributed by atoms with Crippen LogP contribution in [0.25, 0.3) is 0 Å². The summed E-state index contributed by atoms with van der Waals surface area (Å²) in [5, 5.41) is 5.51. The second-order valence-electron chi connectivity index (χ2n) is 18.7. The van der Waals surface area contributed by atoms with Gasteiger partial charge in [0.1, 0.15) is 0 Å². The third-order valence-electron chi connectivity index (χ3n) is 12.5. The molecule has 0 radical (unpaired) electrons. The Labute approximate surface area is 950 Å². The number of hydrogen-bond donors (Lipinski definition) is 9. The standard InChI is InChI=1S/3C18H15O9PS3.Au.8K/c3*19-29(20,21)16-7-1-13(2-8-16)28(14-3-9-17(10-4-14)30(22,23)24)15-5-11-18(12-6-15)31(25,26)27;;;;;;;;;/h3*1-12H,(H,19,20,21)(H,22,23,24)(H,25,26,27);;;;;;;;;/q;;;+3;8*+1. The van der Waals surface area contributed by atoms with Gasteiger partial charge in [-0.05, 0) is 181 Å². The Morgan fingerprint density at radius 1 is 0.147 bits per heavy atom. The summed E-state index contributed by atoms with van der Waals surface area (Å²) in [4.78, 5) is -2.79. The van der Waals surface area contributed by atoms with E-state index in [2.05, 4.69) is 0 Å². The van der Waals surface area contributed by atoms with Crippen molar-refractivity contribution < 1.29 is 550 Å². The monoisotopic (exact) mass is 2010 g/mol. The van der Waals surface area contributed by atoms with Gasteiger partial charge in [0.25, 0.3) is 91.1 Å². The number of benzene rings is 9. The van der Waals surface area contributed by atoms with Crippen molar-refractivity contribution in [1.29, 1.82) is 0 Å². The molecule has 48 heteroatoms. The van der Waals surface area contributed by atoms with Crippen molar-refractivity contribution >= 4 is 163 Å². The van der Waals surface area contributed by atoms with E-state index >= 15 is 0 Å². The Bertz CT molecular complexity index is 4290. The van der Waals surface area contributed by atoms with E-state index in [0.717, 1.165) is 0 Å². The van der Waals surface area contributed by atoms with Crippen molar-refractivity contribution in [3.63, 3.8) is 0 Å². The van der Waals surface area contributed by atoms with Crippen LogP contribution >= 0.6 is 23.8 Å². The van der Waals surface area contributed by atoms with Crippen LogP contribution < -0.4 is 459 Å². The van der Waals surface area contributed by atoms with Crippen LogP contribution in [0, 0.1) is 0 Å². The molecule has 0 saturated heterocycles. The van der Waals surface area contributed by atoms with Gasteiger partial charge >= 0.3 is 433 Å². The minimum Gasteiger partial charge on any atom is -0.282 e. The molecule has 9 aromatic carbocycles. The van der Waals surface area contributed by atoms with Gasteiger partial charge in [-0.3, -0.25) is 41.0 Å². The molecule has 27 nitrogen and oxygen atoms in total. The van der Waals surface area contributed by atoms with Gasteiger partial charge in [0.2, 0.25) is 0 Å². The summed E-state index contributed by atoms with van der Waals surface area (Å²) in [5.41, 5.74) is 0. The van der Waals surface area contributed by atoms with Gasteiger partial charge in [-0.1, -0.05) is 109 Å². The third-order valence-corrected chi connectivity index (χ3v) is 27.7. The maximum atomic E-state index is 11.3. The fourth-order valence-corrected chi connectivity index (χ4v) is 19.3. The summed E-state index contributed by atoms with van der Waals surface area (Å²) in [6.45, 7) is 0. The minimum atomic E-state index is -4.40. The Balaban J connectivity index is -0.00000138. The fraction of sp³-hybridized carbons (Fsp3) is 0. The predicted molar refractivity (Wildman–Crippen MR) is 344 cm³/mol. The van der Waals surface area contributed by atoms with Gasteiger partial charge in [-0.25, -0.2) is 0 Å². The smallest absolute Gasteiger partial charge is 0.282 e. The molecule has 0 aliphatic heterocycles. The average Bonchev–Trinajstić information content (AvgIpc) is 0.800. The predicted octanol–water partition coefficient (Wildman–Crippen LogP) is -20.4. The first-order valence-corrected chi connectivity index (χ1v) is 41.9. The largest absolute Gasteiger partial charge is 3.00 e. The molecule has 500 valence electrons. The topological polar surface area (TPSA) is 489 Å². The van der Waals surface area contributed by atoms with Gasteiger partial charge in [0.15, 0.2) is 0 Å². The molecule has 0 heterocycles. The van der Waals surface area contributed by atoms with Crippen LogP contribution in [-0.2, 0) is 113 Å². The molecule has 0 fully saturated rings. The molecule has 9 N–H and O–H groups in total. The van der Waals surface area contributed by atoms with Crippen molar-refractivity contribution in [2.45, 2.75) is 44.1 Å². The van der Waals surface area contributed by atoms with E-state index in [1.54, 1.807) is 0 Å². The quantitative estimate of drug-likeness (QED) is 0.0219. The first-order chi connectivity index (χ1) is 42.8. The second-order valence-corrected chi connectivity index (χ2v) is 38.2. The molecule has 0 aliphatic carbocycles. The Morgan fingerprint density at radius 2 is 0.206 bits per heavy atom. The molecule has 9 aromatic rings. The van der Waals surface area contributed by atoms with Crippen molar-refractivity contribution in [3.05, 3.63) is 218 Å². The zero-order valence-corrected chi connectivity index (χ0v) is 91.7. The van der Waals surface area contributed by atoms with E-state index in [1.165, 1.54) is 218 Å². The molecule has 0 atom stereocenters. The molecule has 0 amide bonds. The summed E-state index contributed by atoms with van der Waals surface area (Å²) in [6.07, 6.45) is 0. The van der Waals surface area contributed by atoms with Crippen LogP contribution in [0.15, 0.2) is 262 Å². The van der Waals surface area contributed by atoms with Crippen LogP contribution in [0.1, 0.15) is 0 Å². The molecule has 9 rings (SSSR count). The maximum Gasteiger partial charge on any atom is 3.00 e. The van der Waals surface area contributed by atoms with Gasteiger partial charge < -0.3 is 0 Å². The fourth-order valence-electron chi connectivity index (χ4n) is 8.25. The zero-order valence-electron chi connectivity index (χ0n) is 54.5. The number of hydrogen-bond acceptors (Lipinski definition) is 18. The van der Waals surface area contributed by atoms with Crippen LogP contribution in [0.2, 0.25) is 0 Å². The van der Waals surface area contributed by atoms with Crippen LogP contribution in [-0.4, -0.2) is 117 Å². The first-order valence-electron chi connectivity index (χ1n) is 24.9. The number of rotatable bonds is 18. The molecule has 0 saturated carbocycles. The first kappa shape index (κ1) is 113. The van der Waals surface area contributed by atoms with Gasteiger partial charge in [0.05, 0.1) is 44.1 Å². The molecule has 0 spiro atoms. The molecular weight excluding hydrogens is 1970 g/mol. The van der Waals surface area contributed by atoms with Gasteiger partial charge in [-0.2, -0.15) is 75.8 Å². The molecule has 0 unspecified atom stereocenters. The van der Waals surface area contributed by atoms with Crippen molar-refractivity contribution in [2.75, 3.05) is 0 Å². The third kappa shape index (κ3) is 34.6. The Kier molecular flexibility index (Phi) is 54.0. The van der Waals surface area contributed by atoms with Gasteiger partial charge in [0, 0.05) is 0 Å². The van der Waals surface area contributed by atoms with Crippen molar-refractivity contribution in [3.8, 4) is 0 Å². The van der Waals surface area contributed by atoms with Crippen molar-refractivity contribution in [1.82, 2.24) is 0 Å². The molecule has 0 aromatic heterocycles. The van der Waals surface area contributed by atoms with E-state index < -0.39 is 115 Å². The Hall–Kier alpha value is 7.29. The Morgan fingerprint density at radius 3 is 0.255 bits per heavy atom. The summed E-state index contributed by atoms with van der Waals surface area (Å²) in [6, 6.07) is 48.3. The summed E-state index contributed by atoms with van der Waals surface area (Å²) >= 11 is 0. The zero-order chi connectivity index (χ0) is 69.1. The maximum absolute atomic E-state index is 11.3. The van der Waals surface area contributed by atoms with E-state index in [1.807, 2.05) is 0 Å². The van der Waals surface area contributed by atoms with Crippen LogP contribution in [0.3, 0.4) is 0 Å². The van der Waals surface area contributed by atoms with E-state index in [-0.39, 0.29) is 478 Å². The van der Waals surface area contributed by atoms with Crippen molar-refractivity contribution in [2.24, 2.45) is 0 Å². The molecule has 0 aliphatic rings. The van der Waals surface area contributed by atoms with E-state index in [0.29, 0.717) is 47.7 Å². The summed E-state index contributed by atoms with van der Waals surface area (Å²) in [7, 11) is -43.9. The summed E-state index contributed by atoms with van der Waals surface area (Å²) < 4.78 is 286. The van der Waals surface area contributed by atoms with Crippen LogP contribution in [0.5, 0.6) is 0 Å². The minimum absolute atomic E-state index is 0. The molecule has 102 heavy (non-hydrogen) atoms. The van der Waals surface area contributed by atoms with E-state index in [9.17, 15) is 117 Å². The molecule has 0 bridgehead atoms. The van der Waals surface area contributed by atoms with Crippen LogP contribution in [0.4, 0.5) is 0 Å². The second kappa shape index (κ2) is 48.5. The normalized spacial score (nSPS) is 11.6. The summed E-state index contributed by atoms with van der Waals surface area (Å²) in [5.74, 6) is 0. The van der Waals surface area contributed by atoms with E-state index in [4.69, 9.17) is 0 Å². The van der Waals surface area contributed by atoms with Gasteiger partial charge in [-0.15, -0.1) is 0 Å². The SMILES string of the molecule is O=S(=O)(O)c1ccc(P(c2ccc(S(=O)(=O)O)cc2)c2ccc(S(=O)(=O)O)cc2)cc1.O=S(=O)(O)c1ccc(P(c2ccc(S(=O)(=O)O)cc2)c2ccc(S(=O)(=O)O)cc2)cc1.O=S(=O)(O)c1ccc(P(c2ccc(S(=O)(=O)O)cc2)c2ccc(S(=O)(=O)O)cc2)cc1.[Au+3].[K+].[K+].[K+].[K+].[K+].[K+].[K+].[K+].